The molecule has 1 amide bonds. The Morgan fingerprint density at radius 3 is 2.59 bits per heavy atom. The Labute approximate surface area is 161 Å². The maximum absolute atomic E-state index is 12.1. The molecule has 0 saturated heterocycles. The summed E-state index contributed by atoms with van der Waals surface area (Å²) in [6.07, 6.45) is 1.39. The molecule has 0 spiro atoms. The van der Waals surface area contributed by atoms with Crippen LogP contribution in [0.4, 0.5) is 5.82 Å². The minimum Gasteiger partial charge on any atom is -0.462 e. The minimum atomic E-state index is -0.605. The summed E-state index contributed by atoms with van der Waals surface area (Å²) in [5, 5.41) is 2.93. The Balaban J connectivity index is 1.91. The van der Waals surface area contributed by atoms with Crippen LogP contribution in [0.15, 0.2) is 24.4 Å². The molecular formula is C18H20ClN3O5. The minimum absolute atomic E-state index is 0.121. The van der Waals surface area contributed by atoms with Crippen LogP contribution < -0.4 is 5.32 Å². The summed E-state index contributed by atoms with van der Waals surface area (Å²) in [7, 11) is 0. The molecule has 144 valence electrons. The van der Waals surface area contributed by atoms with Gasteiger partial charge in [-0.25, -0.2) is 9.78 Å². The molecule has 0 saturated carbocycles. The second kappa shape index (κ2) is 9.18. The average molecular weight is 394 g/mol. The maximum atomic E-state index is 12.1. The fourth-order valence-corrected chi connectivity index (χ4v) is 2.52. The Kier molecular flexibility index (Phi) is 6.95. The number of aryl methyl sites for hydroxylation is 1. The summed E-state index contributed by atoms with van der Waals surface area (Å²) in [6, 6.07) is 4.76. The highest BCUT2D eigenvalue weighted by Crippen LogP contribution is 2.16. The molecule has 0 aliphatic carbocycles. The van der Waals surface area contributed by atoms with Crippen molar-refractivity contribution in [1.82, 2.24) is 9.55 Å². The smallest absolute Gasteiger partial charge is 0.339 e. The van der Waals surface area contributed by atoms with Crippen molar-refractivity contribution in [3.05, 3.63) is 46.4 Å². The zero-order valence-corrected chi connectivity index (χ0v) is 16.0. The third-order valence-electron chi connectivity index (χ3n) is 3.72. The van der Waals surface area contributed by atoms with Crippen LogP contribution in [0, 0.1) is 13.8 Å². The first-order valence-corrected chi connectivity index (χ1v) is 8.60. The van der Waals surface area contributed by atoms with E-state index in [1.807, 2.05) is 0 Å². The first kappa shape index (κ1) is 20.4. The van der Waals surface area contributed by atoms with Gasteiger partial charge < -0.3 is 19.4 Å². The summed E-state index contributed by atoms with van der Waals surface area (Å²) in [5.74, 6) is -1.27. The highest BCUT2D eigenvalue weighted by Gasteiger charge is 2.19. The van der Waals surface area contributed by atoms with E-state index < -0.39 is 24.5 Å². The van der Waals surface area contributed by atoms with Gasteiger partial charge in [-0.05, 0) is 39.0 Å². The largest absolute Gasteiger partial charge is 0.462 e. The summed E-state index contributed by atoms with van der Waals surface area (Å²) in [4.78, 5) is 39.7. The predicted molar refractivity (Wildman–Crippen MR) is 98.7 cm³/mol. The normalized spacial score (nSPS) is 10.4. The van der Waals surface area contributed by atoms with Gasteiger partial charge in [-0.2, -0.15) is 0 Å². The summed E-state index contributed by atoms with van der Waals surface area (Å²) >= 11 is 5.72. The number of nitrogens with one attached hydrogen (secondary N) is 1. The highest BCUT2D eigenvalue weighted by atomic mass is 35.5. The molecule has 0 fully saturated rings. The number of carbonyl (C=O) groups excluding carboxylic acids is 3. The number of hydrogen-bond acceptors (Lipinski definition) is 6. The van der Waals surface area contributed by atoms with Crippen LogP contribution in [0.3, 0.4) is 0 Å². The van der Waals surface area contributed by atoms with Crippen LogP contribution in [0.25, 0.3) is 0 Å². The van der Waals surface area contributed by atoms with E-state index in [9.17, 15) is 14.4 Å². The Hall–Kier alpha value is -2.87. The molecule has 0 bridgehead atoms. The lowest BCUT2D eigenvalue weighted by Gasteiger charge is -2.10. The van der Waals surface area contributed by atoms with Crippen molar-refractivity contribution in [2.24, 2.45) is 0 Å². The number of nitrogens with zero attached hydrogens (tertiary/aromatic N) is 2. The molecule has 1 N–H and O–H groups in total. The van der Waals surface area contributed by atoms with E-state index in [-0.39, 0.29) is 13.2 Å². The molecule has 9 heteroatoms. The average Bonchev–Trinajstić information content (AvgIpc) is 2.90. The molecule has 0 aliphatic rings. The van der Waals surface area contributed by atoms with E-state index >= 15 is 0 Å². The van der Waals surface area contributed by atoms with Crippen LogP contribution in [-0.2, 0) is 25.6 Å². The van der Waals surface area contributed by atoms with Crippen LogP contribution >= 0.6 is 11.6 Å². The van der Waals surface area contributed by atoms with E-state index in [1.54, 1.807) is 37.5 Å². The van der Waals surface area contributed by atoms with Crippen LogP contribution in [0.2, 0.25) is 5.02 Å². The number of halogens is 1. The van der Waals surface area contributed by atoms with Crippen molar-refractivity contribution in [3.63, 3.8) is 0 Å². The van der Waals surface area contributed by atoms with E-state index in [2.05, 4.69) is 10.3 Å². The maximum Gasteiger partial charge on any atom is 0.339 e. The van der Waals surface area contributed by atoms with Crippen molar-refractivity contribution in [2.45, 2.75) is 27.3 Å². The zero-order valence-electron chi connectivity index (χ0n) is 15.2. The molecule has 0 aliphatic heterocycles. The summed E-state index contributed by atoms with van der Waals surface area (Å²) in [5.41, 5.74) is 1.70. The molecule has 0 aromatic carbocycles. The monoisotopic (exact) mass is 393 g/mol. The summed E-state index contributed by atoms with van der Waals surface area (Å²) < 4.78 is 11.6. The lowest BCUT2D eigenvalue weighted by atomic mass is 10.2. The number of esters is 2. The number of anilines is 1. The molecule has 0 unspecified atom stereocenters. The SMILES string of the molecule is CCOC(=O)c1cc(C)n(CC(=O)OCC(=O)Nc2ccc(Cl)cn2)c1C. The van der Waals surface area contributed by atoms with Gasteiger partial charge in [0.05, 0.1) is 17.2 Å². The molecular weight excluding hydrogens is 374 g/mol. The van der Waals surface area contributed by atoms with Gasteiger partial charge in [0.25, 0.3) is 5.91 Å². The zero-order chi connectivity index (χ0) is 20.0. The van der Waals surface area contributed by atoms with Crippen molar-refractivity contribution in [1.29, 1.82) is 0 Å². The van der Waals surface area contributed by atoms with Crippen molar-refractivity contribution >= 4 is 35.3 Å². The van der Waals surface area contributed by atoms with Gasteiger partial charge in [0.2, 0.25) is 0 Å². The van der Waals surface area contributed by atoms with Gasteiger partial charge in [-0.1, -0.05) is 11.6 Å². The third kappa shape index (κ3) is 5.55. The second-order valence-corrected chi connectivity index (χ2v) is 6.10. The van der Waals surface area contributed by atoms with Gasteiger partial charge in [-0.15, -0.1) is 0 Å². The quantitative estimate of drug-likeness (QED) is 0.725. The van der Waals surface area contributed by atoms with Gasteiger partial charge >= 0.3 is 11.9 Å². The topological polar surface area (TPSA) is 99.5 Å². The van der Waals surface area contributed by atoms with E-state index in [0.717, 1.165) is 0 Å². The predicted octanol–water partition coefficient (Wildman–Crippen LogP) is 2.51. The van der Waals surface area contributed by atoms with Crippen molar-refractivity contribution in [2.75, 3.05) is 18.5 Å². The number of ether oxygens (including phenoxy) is 2. The van der Waals surface area contributed by atoms with Crippen LogP contribution in [0.5, 0.6) is 0 Å². The van der Waals surface area contributed by atoms with Crippen LogP contribution in [0.1, 0.15) is 28.7 Å². The number of carbonyl (C=O) groups is 3. The van der Waals surface area contributed by atoms with E-state index in [0.29, 0.717) is 27.8 Å². The van der Waals surface area contributed by atoms with Crippen molar-refractivity contribution in [3.8, 4) is 0 Å². The molecule has 0 radical (unpaired) electrons. The standard InChI is InChI=1S/C18H20ClN3O5/c1-4-26-18(25)14-7-11(2)22(12(14)3)9-17(24)27-10-16(23)21-15-6-5-13(19)8-20-15/h5-8H,4,9-10H2,1-3H3,(H,20,21,23). The van der Waals surface area contributed by atoms with Crippen molar-refractivity contribution < 1.29 is 23.9 Å². The number of aromatic nitrogens is 2. The molecule has 0 atom stereocenters. The number of hydrogen-bond donors (Lipinski definition) is 1. The fourth-order valence-electron chi connectivity index (χ4n) is 2.41. The number of amides is 1. The molecule has 2 aromatic rings. The molecule has 2 aromatic heterocycles. The number of pyridine rings is 1. The Morgan fingerprint density at radius 1 is 1.22 bits per heavy atom. The van der Waals surface area contributed by atoms with Gasteiger partial charge in [0, 0.05) is 17.6 Å². The molecule has 8 nitrogen and oxygen atoms in total. The molecule has 27 heavy (non-hydrogen) atoms. The fraction of sp³-hybridized carbons (Fsp3) is 0.333. The summed E-state index contributed by atoms with van der Waals surface area (Å²) in [6.45, 7) is 4.89. The van der Waals surface area contributed by atoms with Gasteiger partial charge in [0.1, 0.15) is 12.4 Å². The Bertz CT molecular complexity index is 845. The second-order valence-electron chi connectivity index (χ2n) is 5.66. The first-order valence-electron chi connectivity index (χ1n) is 8.22. The first-order chi connectivity index (χ1) is 12.8. The number of rotatable bonds is 7. The molecule has 2 rings (SSSR count). The lowest BCUT2D eigenvalue weighted by Crippen LogP contribution is -2.24. The van der Waals surface area contributed by atoms with Crippen LogP contribution in [-0.4, -0.2) is 40.6 Å². The van der Waals surface area contributed by atoms with E-state index in [1.165, 1.54) is 12.3 Å². The third-order valence-corrected chi connectivity index (χ3v) is 3.94. The highest BCUT2D eigenvalue weighted by molar-refractivity contribution is 6.30. The van der Waals surface area contributed by atoms with E-state index in [4.69, 9.17) is 21.1 Å². The van der Waals surface area contributed by atoms with Gasteiger partial charge in [-0.3, -0.25) is 9.59 Å². The molecule has 2 heterocycles. The van der Waals surface area contributed by atoms with Gasteiger partial charge in [0.15, 0.2) is 6.61 Å². The lowest BCUT2D eigenvalue weighted by molar-refractivity contribution is -0.147. The Morgan fingerprint density at radius 2 is 1.96 bits per heavy atom.